The molecule has 100 valence electrons. The molecule has 0 unspecified atom stereocenters. The van der Waals surface area contributed by atoms with Crippen LogP contribution in [0.3, 0.4) is 0 Å². The van der Waals surface area contributed by atoms with Crippen molar-refractivity contribution >= 4 is 33.4 Å². The van der Waals surface area contributed by atoms with Crippen molar-refractivity contribution < 1.29 is 14.4 Å². The Kier molecular flexibility index (Phi) is 6.46. The number of benzene rings is 1. The average Bonchev–Trinajstić information content (AvgIpc) is 2.27. The second kappa shape index (κ2) is 7.61. The van der Waals surface area contributed by atoms with E-state index >= 15 is 0 Å². The first-order chi connectivity index (χ1) is 8.49. The lowest BCUT2D eigenvalue weighted by molar-refractivity contribution is -0.136. The van der Waals surface area contributed by atoms with Crippen LogP contribution < -0.4 is 10.2 Å². The molecule has 4 nitrogen and oxygen atoms in total. The summed E-state index contributed by atoms with van der Waals surface area (Å²) in [6.07, 6.45) is 0. The zero-order valence-electron chi connectivity index (χ0n) is 10.2. The molecule has 0 atom stereocenters. The Hall–Kier alpha value is -0.780. The largest absolute Gasteiger partial charge is 0.482 e. The zero-order chi connectivity index (χ0) is 13.5. The lowest BCUT2D eigenvalue weighted by Gasteiger charge is -2.10. The summed E-state index contributed by atoms with van der Waals surface area (Å²) in [5.74, 6) is 0.459. The Bertz CT molecular complexity index is 412. The smallest absolute Gasteiger partial charge is 0.281 e. The number of ether oxygens (including phenoxy) is 1. The molecule has 0 aliphatic heterocycles. The van der Waals surface area contributed by atoms with Gasteiger partial charge in [-0.15, -0.1) is 0 Å². The van der Waals surface area contributed by atoms with Crippen LogP contribution in [0, 0.1) is 5.92 Å². The van der Waals surface area contributed by atoms with Crippen molar-refractivity contribution in [2.24, 2.45) is 5.92 Å². The third kappa shape index (κ3) is 5.71. The van der Waals surface area contributed by atoms with Crippen LogP contribution in [0.4, 0.5) is 0 Å². The molecule has 6 heteroatoms. The SMILES string of the molecule is CC(C)CONC(=O)COc1ccc(Br)cc1Cl. The van der Waals surface area contributed by atoms with Crippen LogP contribution in [0.5, 0.6) is 5.75 Å². The van der Waals surface area contributed by atoms with E-state index in [-0.39, 0.29) is 12.5 Å². The van der Waals surface area contributed by atoms with E-state index in [0.717, 1.165) is 4.47 Å². The van der Waals surface area contributed by atoms with Crippen LogP contribution in [0.2, 0.25) is 5.02 Å². The highest BCUT2D eigenvalue weighted by atomic mass is 79.9. The predicted octanol–water partition coefficient (Wildman–Crippen LogP) is 3.19. The molecule has 0 heterocycles. The van der Waals surface area contributed by atoms with Crippen LogP contribution in [0.15, 0.2) is 22.7 Å². The molecule has 1 aromatic carbocycles. The van der Waals surface area contributed by atoms with Gasteiger partial charge in [0, 0.05) is 4.47 Å². The van der Waals surface area contributed by atoms with E-state index in [1.807, 2.05) is 13.8 Å². The van der Waals surface area contributed by atoms with Gasteiger partial charge >= 0.3 is 0 Å². The molecule has 0 aliphatic carbocycles. The molecular weight excluding hydrogens is 321 g/mol. The predicted molar refractivity (Wildman–Crippen MR) is 73.6 cm³/mol. The summed E-state index contributed by atoms with van der Waals surface area (Å²) >= 11 is 9.23. The van der Waals surface area contributed by atoms with Gasteiger partial charge in [0.25, 0.3) is 5.91 Å². The Morgan fingerprint density at radius 1 is 1.50 bits per heavy atom. The van der Waals surface area contributed by atoms with Crippen molar-refractivity contribution in [3.63, 3.8) is 0 Å². The molecule has 0 aromatic heterocycles. The summed E-state index contributed by atoms with van der Waals surface area (Å²) in [6, 6.07) is 5.17. The number of amides is 1. The quantitative estimate of drug-likeness (QED) is 0.812. The maximum atomic E-state index is 11.4. The normalized spacial score (nSPS) is 10.5. The summed E-state index contributed by atoms with van der Waals surface area (Å²) in [5, 5.41) is 0.445. The molecule has 1 aromatic rings. The van der Waals surface area contributed by atoms with Gasteiger partial charge in [-0.3, -0.25) is 9.63 Å². The van der Waals surface area contributed by atoms with E-state index in [1.54, 1.807) is 18.2 Å². The number of nitrogens with one attached hydrogen (secondary N) is 1. The highest BCUT2D eigenvalue weighted by Crippen LogP contribution is 2.27. The highest BCUT2D eigenvalue weighted by Gasteiger charge is 2.06. The fraction of sp³-hybridized carbons (Fsp3) is 0.417. The van der Waals surface area contributed by atoms with Gasteiger partial charge in [0.2, 0.25) is 0 Å². The highest BCUT2D eigenvalue weighted by molar-refractivity contribution is 9.10. The number of halogens is 2. The first kappa shape index (κ1) is 15.3. The van der Waals surface area contributed by atoms with Crippen molar-refractivity contribution in [3.8, 4) is 5.75 Å². The topological polar surface area (TPSA) is 47.6 Å². The number of rotatable bonds is 6. The fourth-order valence-electron chi connectivity index (χ4n) is 1.05. The number of hydroxylamine groups is 1. The van der Waals surface area contributed by atoms with Crippen LogP contribution in [-0.2, 0) is 9.63 Å². The molecule has 1 N–H and O–H groups in total. The first-order valence-corrected chi connectivity index (χ1v) is 6.64. The minimum absolute atomic E-state index is 0.139. The van der Waals surface area contributed by atoms with Crippen molar-refractivity contribution in [3.05, 3.63) is 27.7 Å². The zero-order valence-corrected chi connectivity index (χ0v) is 12.5. The van der Waals surface area contributed by atoms with Crippen LogP contribution in [0.25, 0.3) is 0 Å². The third-order valence-corrected chi connectivity index (χ3v) is 2.64. The maximum Gasteiger partial charge on any atom is 0.281 e. The minimum atomic E-state index is -0.352. The molecule has 18 heavy (non-hydrogen) atoms. The molecule has 0 fully saturated rings. The van der Waals surface area contributed by atoms with Crippen LogP contribution >= 0.6 is 27.5 Å². The Morgan fingerprint density at radius 3 is 2.83 bits per heavy atom. The first-order valence-electron chi connectivity index (χ1n) is 5.47. The Morgan fingerprint density at radius 2 is 2.22 bits per heavy atom. The lowest BCUT2D eigenvalue weighted by Crippen LogP contribution is -2.30. The van der Waals surface area contributed by atoms with Gasteiger partial charge in [-0.2, -0.15) is 0 Å². The van der Waals surface area contributed by atoms with Gasteiger partial charge in [-0.05, 0) is 24.1 Å². The summed E-state index contributed by atoms with van der Waals surface area (Å²) in [5.41, 5.74) is 2.30. The number of carbonyl (C=O) groups excluding carboxylic acids is 1. The molecule has 1 amide bonds. The Labute approximate surface area is 120 Å². The average molecular weight is 337 g/mol. The van der Waals surface area contributed by atoms with Gasteiger partial charge in [0.1, 0.15) is 5.75 Å². The number of hydrogen-bond acceptors (Lipinski definition) is 3. The summed E-state index contributed by atoms with van der Waals surface area (Å²) < 4.78 is 6.12. The monoisotopic (exact) mass is 335 g/mol. The molecule has 0 saturated carbocycles. The van der Waals surface area contributed by atoms with E-state index in [0.29, 0.717) is 23.3 Å². The van der Waals surface area contributed by atoms with E-state index < -0.39 is 0 Å². The lowest BCUT2D eigenvalue weighted by atomic mass is 10.2. The Balaban J connectivity index is 2.33. The van der Waals surface area contributed by atoms with E-state index in [4.69, 9.17) is 21.2 Å². The molecule has 0 radical (unpaired) electrons. The molecule has 0 bridgehead atoms. The van der Waals surface area contributed by atoms with Gasteiger partial charge < -0.3 is 4.74 Å². The van der Waals surface area contributed by atoms with E-state index in [2.05, 4.69) is 21.4 Å². The van der Waals surface area contributed by atoms with Crippen LogP contribution in [-0.4, -0.2) is 19.1 Å². The van der Waals surface area contributed by atoms with Crippen molar-refractivity contribution in [2.75, 3.05) is 13.2 Å². The van der Waals surface area contributed by atoms with Crippen molar-refractivity contribution in [1.29, 1.82) is 0 Å². The molecule has 0 aliphatic rings. The van der Waals surface area contributed by atoms with E-state index in [9.17, 15) is 4.79 Å². The summed E-state index contributed by atoms with van der Waals surface area (Å²) in [7, 11) is 0. The van der Waals surface area contributed by atoms with Gasteiger partial charge in [0.15, 0.2) is 6.61 Å². The van der Waals surface area contributed by atoms with Crippen LogP contribution in [0.1, 0.15) is 13.8 Å². The van der Waals surface area contributed by atoms with E-state index in [1.165, 1.54) is 0 Å². The number of hydrogen-bond donors (Lipinski definition) is 1. The number of carbonyl (C=O) groups is 1. The second-order valence-corrected chi connectivity index (χ2v) is 5.42. The second-order valence-electron chi connectivity index (χ2n) is 4.09. The van der Waals surface area contributed by atoms with Crippen molar-refractivity contribution in [1.82, 2.24) is 5.48 Å². The molecule has 1 rings (SSSR count). The minimum Gasteiger partial charge on any atom is -0.482 e. The van der Waals surface area contributed by atoms with Gasteiger partial charge in [-0.25, -0.2) is 5.48 Å². The standard InChI is InChI=1S/C12H15BrClNO3/c1-8(2)6-18-15-12(16)7-17-11-4-3-9(13)5-10(11)14/h3-5,8H,6-7H2,1-2H3,(H,15,16). The third-order valence-electron chi connectivity index (χ3n) is 1.86. The molecule has 0 spiro atoms. The van der Waals surface area contributed by atoms with Gasteiger partial charge in [-0.1, -0.05) is 41.4 Å². The summed E-state index contributed by atoms with van der Waals surface area (Å²) in [6.45, 7) is 4.30. The molecule has 0 saturated heterocycles. The molecular formula is C12H15BrClNO3. The summed E-state index contributed by atoms with van der Waals surface area (Å²) in [4.78, 5) is 16.3. The van der Waals surface area contributed by atoms with Gasteiger partial charge in [0.05, 0.1) is 11.6 Å². The maximum absolute atomic E-state index is 11.4. The fourth-order valence-corrected chi connectivity index (χ4v) is 1.78. The van der Waals surface area contributed by atoms with Crippen molar-refractivity contribution in [2.45, 2.75) is 13.8 Å².